The van der Waals surface area contributed by atoms with E-state index in [4.69, 9.17) is 0 Å². The SMILES string of the molecule is CCNC(=NCc1ccc(N2CCC(O)CC2)c(F)c1)NCC1(C(=O)N(C)C)CCCC1.I. The van der Waals surface area contributed by atoms with Crippen molar-refractivity contribution in [1.29, 1.82) is 0 Å². The third kappa shape index (κ3) is 7.18. The van der Waals surface area contributed by atoms with Gasteiger partial charge in [-0.3, -0.25) is 4.79 Å². The summed E-state index contributed by atoms with van der Waals surface area (Å²) >= 11 is 0. The molecule has 1 aliphatic carbocycles. The molecule has 1 amide bonds. The van der Waals surface area contributed by atoms with Crippen molar-refractivity contribution in [3.8, 4) is 0 Å². The average molecular weight is 576 g/mol. The molecule has 2 fully saturated rings. The normalized spacial score (nSPS) is 18.6. The highest BCUT2D eigenvalue weighted by molar-refractivity contribution is 14.0. The number of amides is 1. The van der Waals surface area contributed by atoms with E-state index in [1.54, 1.807) is 11.0 Å². The molecule has 2 aliphatic rings. The lowest BCUT2D eigenvalue weighted by Crippen LogP contribution is -2.49. The van der Waals surface area contributed by atoms with Crippen molar-refractivity contribution < 1.29 is 14.3 Å². The molecule has 1 saturated heterocycles. The lowest BCUT2D eigenvalue weighted by molar-refractivity contribution is -0.138. The van der Waals surface area contributed by atoms with Gasteiger partial charge in [-0.05, 0) is 50.3 Å². The van der Waals surface area contributed by atoms with Crippen molar-refractivity contribution >= 4 is 41.5 Å². The molecule has 33 heavy (non-hydrogen) atoms. The number of nitrogens with one attached hydrogen (secondary N) is 2. The summed E-state index contributed by atoms with van der Waals surface area (Å²) in [4.78, 5) is 21.1. The molecule has 0 unspecified atom stereocenters. The number of guanidine groups is 1. The third-order valence-electron chi connectivity index (χ3n) is 6.60. The maximum Gasteiger partial charge on any atom is 0.230 e. The Kier molecular flexibility index (Phi) is 10.7. The van der Waals surface area contributed by atoms with Crippen LogP contribution in [0.5, 0.6) is 0 Å². The number of carbonyl (C=O) groups excluding carboxylic acids is 1. The van der Waals surface area contributed by atoms with Gasteiger partial charge in [-0.1, -0.05) is 18.9 Å². The number of nitrogens with zero attached hydrogens (tertiary/aromatic N) is 3. The van der Waals surface area contributed by atoms with E-state index in [2.05, 4.69) is 15.6 Å². The Morgan fingerprint density at radius 2 is 1.91 bits per heavy atom. The molecule has 0 spiro atoms. The van der Waals surface area contributed by atoms with E-state index in [0.29, 0.717) is 57.2 Å². The quantitative estimate of drug-likeness (QED) is 0.265. The van der Waals surface area contributed by atoms with Crippen LogP contribution in [-0.4, -0.2) is 68.3 Å². The summed E-state index contributed by atoms with van der Waals surface area (Å²) in [6.45, 7) is 4.92. The number of halogens is 2. The Morgan fingerprint density at radius 1 is 1.24 bits per heavy atom. The number of aliphatic hydroxyl groups is 1. The first-order valence-electron chi connectivity index (χ1n) is 11.8. The van der Waals surface area contributed by atoms with Crippen molar-refractivity contribution in [2.45, 2.75) is 58.1 Å². The first-order chi connectivity index (χ1) is 15.3. The second kappa shape index (κ2) is 12.7. The summed E-state index contributed by atoms with van der Waals surface area (Å²) in [5, 5.41) is 16.3. The molecule has 1 aromatic rings. The van der Waals surface area contributed by atoms with Gasteiger partial charge < -0.3 is 25.5 Å². The monoisotopic (exact) mass is 575 g/mol. The number of rotatable bonds is 7. The molecular weight excluding hydrogens is 536 g/mol. The molecule has 1 heterocycles. The summed E-state index contributed by atoms with van der Waals surface area (Å²) in [5.41, 5.74) is 0.996. The lowest BCUT2D eigenvalue weighted by atomic mass is 9.84. The van der Waals surface area contributed by atoms with Crippen molar-refractivity contribution in [2.24, 2.45) is 10.4 Å². The van der Waals surface area contributed by atoms with E-state index in [1.165, 1.54) is 0 Å². The third-order valence-corrected chi connectivity index (χ3v) is 6.60. The van der Waals surface area contributed by atoms with Gasteiger partial charge in [0.05, 0.1) is 23.8 Å². The van der Waals surface area contributed by atoms with Crippen LogP contribution in [0, 0.1) is 11.2 Å². The number of aliphatic imine (C=N–C) groups is 1. The Labute approximate surface area is 214 Å². The number of anilines is 1. The second-order valence-electron chi connectivity index (χ2n) is 9.24. The summed E-state index contributed by atoms with van der Waals surface area (Å²) in [6, 6.07) is 5.26. The van der Waals surface area contributed by atoms with Crippen LogP contribution in [-0.2, 0) is 11.3 Å². The minimum Gasteiger partial charge on any atom is -0.393 e. The number of aliphatic hydroxyl groups excluding tert-OH is 1. The number of piperidine rings is 1. The summed E-state index contributed by atoms with van der Waals surface area (Å²) in [6.07, 6.45) is 4.96. The van der Waals surface area contributed by atoms with Crippen LogP contribution in [0.4, 0.5) is 10.1 Å². The summed E-state index contributed by atoms with van der Waals surface area (Å²) in [5.74, 6) is 0.551. The van der Waals surface area contributed by atoms with Gasteiger partial charge in [-0.2, -0.15) is 0 Å². The largest absolute Gasteiger partial charge is 0.393 e. The molecule has 9 heteroatoms. The molecule has 0 aromatic heterocycles. The Hall–Kier alpha value is -1.62. The van der Waals surface area contributed by atoms with Crippen LogP contribution in [0.3, 0.4) is 0 Å². The van der Waals surface area contributed by atoms with Crippen LogP contribution in [0.25, 0.3) is 0 Å². The van der Waals surface area contributed by atoms with Crippen LogP contribution in [0.1, 0.15) is 51.0 Å². The van der Waals surface area contributed by atoms with Gasteiger partial charge in [-0.25, -0.2) is 9.38 Å². The maximum atomic E-state index is 14.7. The van der Waals surface area contributed by atoms with E-state index < -0.39 is 0 Å². The fraction of sp³-hybridized carbons (Fsp3) is 0.667. The van der Waals surface area contributed by atoms with Crippen molar-refractivity contribution in [3.63, 3.8) is 0 Å². The van der Waals surface area contributed by atoms with Gasteiger partial charge in [0.2, 0.25) is 5.91 Å². The fourth-order valence-corrected chi connectivity index (χ4v) is 4.77. The number of carbonyl (C=O) groups is 1. The van der Waals surface area contributed by atoms with Gasteiger partial charge in [0.25, 0.3) is 0 Å². The molecular formula is C24H39FIN5O2. The molecule has 7 nitrogen and oxygen atoms in total. The minimum absolute atomic E-state index is 0. The molecule has 1 saturated carbocycles. The van der Waals surface area contributed by atoms with Gasteiger partial charge in [-0.15, -0.1) is 24.0 Å². The van der Waals surface area contributed by atoms with Gasteiger partial charge in [0, 0.05) is 40.3 Å². The van der Waals surface area contributed by atoms with E-state index in [1.807, 2.05) is 38.1 Å². The molecule has 1 aliphatic heterocycles. The highest BCUT2D eigenvalue weighted by Crippen LogP contribution is 2.38. The van der Waals surface area contributed by atoms with Crippen molar-refractivity contribution in [2.75, 3.05) is 45.2 Å². The van der Waals surface area contributed by atoms with E-state index in [9.17, 15) is 14.3 Å². The Balaban J connectivity index is 0.00000385. The molecule has 3 rings (SSSR count). The van der Waals surface area contributed by atoms with Crippen molar-refractivity contribution in [1.82, 2.24) is 15.5 Å². The second-order valence-corrected chi connectivity index (χ2v) is 9.24. The topological polar surface area (TPSA) is 80.2 Å². The first-order valence-corrected chi connectivity index (χ1v) is 11.8. The lowest BCUT2D eigenvalue weighted by Gasteiger charge is -2.31. The van der Waals surface area contributed by atoms with Crippen LogP contribution in [0.15, 0.2) is 23.2 Å². The average Bonchev–Trinajstić information content (AvgIpc) is 3.26. The number of benzene rings is 1. The molecule has 186 valence electrons. The Bertz CT molecular complexity index is 806. The standard InChI is InChI=1S/C24H38FN5O2.HI/c1-4-26-23(28-17-24(11-5-6-12-24)22(32)29(2)3)27-16-18-7-8-21(20(25)15-18)30-13-9-19(31)10-14-30;/h7-8,15,19,31H,4-6,9-14,16-17H2,1-3H3,(H2,26,27,28);1H. The van der Waals surface area contributed by atoms with E-state index >= 15 is 0 Å². The predicted molar refractivity (Wildman–Crippen MR) is 142 cm³/mol. The van der Waals surface area contributed by atoms with E-state index in [0.717, 1.165) is 31.2 Å². The zero-order chi connectivity index (χ0) is 23.1. The minimum atomic E-state index is -0.379. The van der Waals surface area contributed by atoms with Gasteiger partial charge in [0.1, 0.15) is 5.82 Å². The molecule has 1 aromatic carbocycles. The van der Waals surface area contributed by atoms with Gasteiger partial charge in [0.15, 0.2) is 5.96 Å². The van der Waals surface area contributed by atoms with Crippen molar-refractivity contribution in [3.05, 3.63) is 29.6 Å². The molecule has 0 atom stereocenters. The summed E-state index contributed by atoms with van der Waals surface area (Å²) in [7, 11) is 3.62. The fourth-order valence-electron chi connectivity index (χ4n) is 4.77. The Morgan fingerprint density at radius 3 is 2.48 bits per heavy atom. The molecule has 0 bridgehead atoms. The summed E-state index contributed by atoms with van der Waals surface area (Å²) < 4.78 is 14.7. The number of hydrogen-bond acceptors (Lipinski definition) is 4. The highest BCUT2D eigenvalue weighted by atomic mass is 127. The van der Waals surface area contributed by atoms with Crippen LogP contribution in [0.2, 0.25) is 0 Å². The van der Waals surface area contributed by atoms with Crippen LogP contribution < -0.4 is 15.5 Å². The first kappa shape index (κ1) is 27.6. The van der Waals surface area contributed by atoms with Crippen LogP contribution >= 0.6 is 24.0 Å². The smallest absolute Gasteiger partial charge is 0.230 e. The van der Waals surface area contributed by atoms with Gasteiger partial charge >= 0.3 is 0 Å². The maximum absolute atomic E-state index is 14.7. The molecule has 0 radical (unpaired) electrons. The van der Waals surface area contributed by atoms with E-state index in [-0.39, 0.29) is 47.2 Å². The zero-order valence-corrected chi connectivity index (χ0v) is 22.4. The number of hydrogen-bond donors (Lipinski definition) is 3. The zero-order valence-electron chi connectivity index (χ0n) is 20.1. The molecule has 3 N–H and O–H groups in total. The predicted octanol–water partition coefficient (Wildman–Crippen LogP) is 3.11. The highest BCUT2D eigenvalue weighted by Gasteiger charge is 2.42.